The maximum Gasteiger partial charge on any atom is 0.251 e. The highest BCUT2D eigenvalue weighted by atomic mass is 16.5. The molecule has 0 aliphatic heterocycles. The topological polar surface area (TPSA) is 58.6 Å². The monoisotopic (exact) mass is 249 g/mol. The molecule has 0 bridgehead atoms. The Balaban J connectivity index is 1.88. The average Bonchev–Trinajstić information content (AvgIpc) is 2.35. The highest BCUT2D eigenvalue weighted by Gasteiger charge is 2.34. The van der Waals surface area contributed by atoms with Gasteiger partial charge >= 0.3 is 0 Å². The van der Waals surface area contributed by atoms with Crippen LogP contribution in [0.5, 0.6) is 5.75 Å². The zero-order chi connectivity index (χ0) is 13.0. The third-order valence-corrected chi connectivity index (χ3v) is 3.29. The van der Waals surface area contributed by atoms with E-state index in [-0.39, 0.29) is 5.91 Å². The van der Waals surface area contributed by atoms with Gasteiger partial charge in [-0.05, 0) is 50.5 Å². The second-order valence-electron chi connectivity index (χ2n) is 4.72. The molecule has 1 aromatic rings. The predicted molar refractivity (Wildman–Crippen MR) is 68.7 cm³/mol. The molecule has 1 amide bonds. The summed E-state index contributed by atoms with van der Waals surface area (Å²) in [6, 6.07) is 7.00. The third-order valence-electron chi connectivity index (χ3n) is 3.29. The Hall–Kier alpha value is -1.55. The van der Waals surface area contributed by atoms with Gasteiger partial charge in [-0.3, -0.25) is 4.79 Å². The number of hydrogen-bond acceptors (Lipinski definition) is 3. The number of ether oxygens (including phenoxy) is 1. The van der Waals surface area contributed by atoms with E-state index in [0.29, 0.717) is 18.7 Å². The smallest absolute Gasteiger partial charge is 0.251 e. The third kappa shape index (κ3) is 3.01. The minimum absolute atomic E-state index is 0.154. The Bertz CT molecular complexity index is 410. The molecule has 0 radical (unpaired) electrons. The molecule has 2 rings (SSSR count). The minimum atomic E-state index is -0.680. The second kappa shape index (κ2) is 5.40. The molecule has 18 heavy (non-hydrogen) atoms. The first kappa shape index (κ1) is 12.9. The van der Waals surface area contributed by atoms with Crippen molar-refractivity contribution in [3.05, 3.63) is 29.8 Å². The summed E-state index contributed by atoms with van der Waals surface area (Å²) in [6.45, 7) is 2.86. The molecule has 1 aliphatic rings. The number of amides is 1. The number of aliphatic hydroxyl groups is 1. The largest absolute Gasteiger partial charge is 0.494 e. The maximum absolute atomic E-state index is 11.8. The number of carbonyl (C=O) groups excluding carboxylic acids is 1. The van der Waals surface area contributed by atoms with Gasteiger partial charge in [0.05, 0.1) is 12.2 Å². The molecule has 1 aromatic carbocycles. The number of carbonyl (C=O) groups is 1. The molecule has 1 saturated carbocycles. The molecular formula is C14H19NO3. The molecular weight excluding hydrogens is 230 g/mol. The minimum Gasteiger partial charge on any atom is -0.494 e. The van der Waals surface area contributed by atoms with Crippen LogP contribution in [0.1, 0.15) is 36.5 Å². The fourth-order valence-corrected chi connectivity index (χ4v) is 1.98. The molecule has 2 N–H and O–H groups in total. The molecule has 0 spiro atoms. The molecule has 98 valence electrons. The van der Waals surface area contributed by atoms with E-state index in [1.807, 2.05) is 6.92 Å². The fraction of sp³-hybridized carbons (Fsp3) is 0.500. The lowest BCUT2D eigenvalue weighted by molar-refractivity contribution is -0.0300. The summed E-state index contributed by atoms with van der Waals surface area (Å²) < 4.78 is 5.31. The van der Waals surface area contributed by atoms with Crippen LogP contribution < -0.4 is 10.1 Å². The Labute approximate surface area is 107 Å². The number of nitrogens with one attached hydrogen (secondary N) is 1. The van der Waals surface area contributed by atoms with Crippen molar-refractivity contribution in [1.29, 1.82) is 0 Å². The Morgan fingerprint density at radius 1 is 1.39 bits per heavy atom. The van der Waals surface area contributed by atoms with Crippen LogP contribution in [0.2, 0.25) is 0 Å². The lowest BCUT2D eigenvalue weighted by Crippen LogP contribution is -2.47. The fourth-order valence-electron chi connectivity index (χ4n) is 1.98. The quantitative estimate of drug-likeness (QED) is 0.835. The van der Waals surface area contributed by atoms with Gasteiger partial charge in [-0.25, -0.2) is 0 Å². The highest BCUT2D eigenvalue weighted by Crippen LogP contribution is 2.30. The SMILES string of the molecule is CCOc1ccc(C(=O)NCC2(O)CCC2)cc1. The van der Waals surface area contributed by atoms with Crippen LogP contribution in [0.3, 0.4) is 0 Å². The van der Waals surface area contributed by atoms with Gasteiger partial charge in [0, 0.05) is 12.1 Å². The van der Waals surface area contributed by atoms with Crippen molar-refractivity contribution in [2.24, 2.45) is 0 Å². The predicted octanol–water partition coefficient (Wildman–Crippen LogP) is 1.73. The van der Waals surface area contributed by atoms with Crippen LogP contribution in [0.4, 0.5) is 0 Å². The van der Waals surface area contributed by atoms with Crippen molar-refractivity contribution >= 4 is 5.91 Å². The van der Waals surface area contributed by atoms with Crippen LogP contribution in [-0.2, 0) is 0 Å². The zero-order valence-corrected chi connectivity index (χ0v) is 10.6. The summed E-state index contributed by atoms with van der Waals surface area (Å²) in [4.78, 5) is 11.8. The van der Waals surface area contributed by atoms with E-state index in [9.17, 15) is 9.90 Å². The standard InChI is InChI=1S/C14H19NO3/c1-2-18-12-6-4-11(5-7-12)13(16)15-10-14(17)8-3-9-14/h4-7,17H,2-3,8-10H2,1H3,(H,15,16). The summed E-state index contributed by atoms with van der Waals surface area (Å²) in [5.41, 5.74) is -0.0950. The lowest BCUT2D eigenvalue weighted by atomic mass is 9.80. The van der Waals surface area contributed by atoms with Gasteiger partial charge in [0.15, 0.2) is 0 Å². The first-order valence-electron chi connectivity index (χ1n) is 6.36. The summed E-state index contributed by atoms with van der Waals surface area (Å²) >= 11 is 0. The molecule has 0 heterocycles. The van der Waals surface area contributed by atoms with Crippen molar-refractivity contribution < 1.29 is 14.6 Å². The van der Waals surface area contributed by atoms with Gasteiger partial charge in [-0.15, -0.1) is 0 Å². The second-order valence-corrected chi connectivity index (χ2v) is 4.72. The van der Waals surface area contributed by atoms with Gasteiger partial charge in [0.1, 0.15) is 5.75 Å². The van der Waals surface area contributed by atoms with Gasteiger partial charge in [0.2, 0.25) is 0 Å². The normalized spacial score (nSPS) is 16.8. The first-order valence-corrected chi connectivity index (χ1v) is 6.36. The van der Waals surface area contributed by atoms with Crippen LogP contribution in [0.25, 0.3) is 0 Å². The summed E-state index contributed by atoms with van der Waals surface area (Å²) in [6.07, 6.45) is 2.59. The molecule has 0 atom stereocenters. The Kier molecular flexibility index (Phi) is 3.87. The van der Waals surface area contributed by atoms with Crippen LogP contribution >= 0.6 is 0 Å². The van der Waals surface area contributed by atoms with E-state index >= 15 is 0 Å². The molecule has 4 heteroatoms. The van der Waals surface area contributed by atoms with Gasteiger partial charge in [-0.2, -0.15) is 0 Å². The Morgan fingerprint density at radius 3 is 2.56 bits per heavy atom. The van der Waals surface area contributed by atoms with Crippen molar-refractivity contribution in [3.63, 3.8) is 0 Å². The molecule has 0 unspecified atom stereocenters. The number of hydrogen-bond donors (Lipinski definition) is 2. The summed E-state index contributed by atoms with van der Waals surface area (Å²) in [5.74, 6) is 0.602. The van der Waals surface area contributed by atoms with Gasteiger partial charge in [-0.1, -0.05) is 0 Å². The van der Waals surface area contributed by atoms with Gasteiger partial charge in [0.25, 0.3) is 5.91 Å². The highest BCUT2D eigenvalue weighted by molar-refractivity contribution is 5.94. The maximum atomic E-state index is 11.8. The van der Waals surface area contributed by atoms with Crippen molar-refractivity contribution in [2.75, 3.05) is 13.2 Å². The average molecular weight is 249 g/mol. The van der Waals surface area contributed by atoms with Crippen LogP contribution in [-0.4, -0.2) is 29.8 Å². The van der Waals surface area contributed by atoms with Crippen molar-refractivity contribution in [2.45, 2.75) is 31.8 Å². The molecule has 1 aliphatic carbocycles. The molecule has 0 aromatic heterocycles. The number of benzene rings is 1. The van der Waals surface area contributed by atoms with Crippen LogP contribution in [0, 0.1) is 0 Å². The van der Waals surface area contributed by atoms with Crippen molar-refractivity contribution in [3.8, 4) is 5.75 Å². The van der Waals surface area contributed by atoms with Crippen LogP contribution in [0.15, 0.2) is 24.3 Å². The van der Waals surface area contributed by atoms with E-state index in [4.69, 9.17) is 4.74 Å². The lowest BCUT2D eigenvalue weighted by Gasteiger charge is -2.36. The summed E-state index contributed by atoms with van der Waals surface area (Å²) in [5, 5.41) is 12.6. The zero-order valence-electron chi connectivity index (χ0n) is 10.6. The Morgan fingerprint density at radius 2 is 2.06 bits per heavy atom. The molecule has 0 saturated heterocycles. The van der Waals surface area contributed by atoms with Crippen molar-refractivity contribution in [1.82, 2.24) is 5.32 Å². The first-order chi connectivity index (χ1) is 8.63. The van der Waals surface area contributed by atoms with E-state index < -0.39 is 5.60 Å². The van der Waals surface area contributed by atoms with E-state index in [0.717, 1.165) is 25.0 Å². The van der Waals surface area contributed by atoms with Gasteiger partial charge < -0.3 is 15.2 Å². The number of rotatable bonds is 5. The molecule has 4 nitrogen and oxygen atoms in total. The summed E-state index contributed by atoms with van der Waals surface area (Å²) in [7, 11) is 0. The molecule has 1 fully saturated rings. The van der Waals surface area contributed by atoms with E-state index in [1.165, 1.54) is 0 Å². The van der Waals surface area contributed by atoms with E-state index in [2.05, 4.69) is 5.32 Å². The van der Waals surface area contributed by atoms with E-state index in [1.54, 1.807) is 24.3 Å².